The average molecular weight is 961 g/mol. The number of halogens is 1. The van der Waals surface area contributed by atoms with E-state index in [4.69, 9.17) is 26.6 Å². The van der Waals surface area contributed by atoms with Crippen molar-refractivity contribution in [2.75, 3.05) is 75.5 Å². The molecule has 8 nitrogen and oxygen atoms in total. The van der Waals surface area contributed by atoms with Gasteiger partial charge in [0.2, 0.25) is 0 Å². The molecule has 2 aromatic carbocycles. The second-order valence-corrected chi connectivity index (χ2v) is 25.0. The zero-order valence-electron chi connectivity index (χ0n) is 38.7. The number of hydrogen-bond acceptors (Lipinski definition) is 10. The van der Waals surface area contributed by atoms with Crippen LogP contribution in [0.2, 0.25) is 12.1 Å². The molecule has 1 heterocycles. The third-order valence-corrected chi connectivity index (χ3v) is 19.0. The van der Waals surface area contributed by atoms with E-state index in [0.717, 1.165) is 73.6 Å². The van der Waals surface area contributed by atoms with Crippen molar-refractivity contribution in [1.29, 1.82) is 0 Å². The predicted molar refractivity (Wildman–Crippen MR) is 257 cm³/mol. The van der Waals surface area contributed by atoms with Crippen LogP contribution in [-0.4, -0.2) is 83.3 Å². The number of thioether (sulfide) groups is 2. The molecule has 0 saturated heterocycles. The third-order valence-electron chi connectivity index (χ3n) is 11.0. The number of hydrogen-bond donors (Lipinski definition) is 0. The molecule has 0 saturated carbocycles. The Kier molecular flexibility index (Phi) is 26.2. The molecule has 0 amide bonds. The van der Waals surface area contributed by atoms with Crippen LogP contribution in [0.4, 0.5) is 11.4 Å². The van der Waals surface area contributed by atoms with Crippen LogP contribution in [0.25, 0.3) is 0 Å². The van der Waals surface area contributed by atoms with E-state index in [-0.39, 0.29) is 0 Å². The minimum absolute atomic E-state index is 0.404. The van der Waals surface area contributed by atoms with Gasteiger partial charge in [0.15, 0.2) is 0 Å². The summed E-state index contributed by atoms with van der Waals surface area (Å²) < 4.78 is 33.6. The zero-order chi connectivity index (χ0) is 44.2. The number of rotatable bonds is 28. The molecule has 0 atom stereocenters. The van der Waals surface area contributed by atoms with Gasteiger partial charge in [0.05, 0.1) is 0 Å². The van der Waals surface area contributed by atoms with Crippen molar-refractivity contribution < 1.29 is 41.7 Å². The van der Waals surface area contributed by atoms with Crippen LogP contribution in [0.1, 0.15) is 138 Å². The molecule has 1 aliphatic rings. The first-order valence-electron chi connectivity index (χ1n) is 21.3. The number of nitrogens with zero attached hydrogens (tertiary/aromatic N) is 2. The Hall–Kier alpha value is -0.517. The first kappa shape index (κ1) is 54.6. The number of aryl methyl sites for hydroxylation is 2. The Morgan fingerprint density at radius 1 is 0.508 bits per heavy atom. The molecule has 14 heteroatoms. The summed E-state index contributed by atoms with van der Waals surface area (Å²) in [6.45, 7) is 21.0. The van der Waals surface area contributed by atoms with Crippen molar-refractivity contribution in [3.8, 4) is 0 Å². The molecule has 0 aliphatic carbocycles. The number of anilines is 2. The van der Waals surface area contributed by atoms with Gasteiger partial charge >= 0.3 is 42.8 Å². The third kappa shape index (κ3) is 16.2. The minimum atomic E-state index is -2.48. The summed E-state index contributed by atoms with van der Waals surface area (Å²) in [6, 6.07) is 11.6. The Morgan fingerprint density at radius 3 is 1.03 bits per heavy atom. The van der Waals surface area contributed by atoms with E-state index in [0.29, 0.717) is 23.7 Å². The summed E-state index contributed by atoms with van der Waals surface area (Å²) in [6.07, 6.45) is 11.1. The van der Waals surface area contributed by atoms with Gasteiger partial charge in [-0.1, -0.05) is 79.7 Å². The van der Waals surface area contributed by atoms with Crippen LogP contribution in [0, 0.1) is 6.67 Å². The van der Waals surface area contributed by atoms with Crippen LogP contribution in [0.15, 0.2) is 36.7 Å². The molecular formula is C45H77ClCuN2O6S2Si2. The second kappa shape index (κ2) is 28.3. The molecule has 0 aromatic heterocycles. The molecule has 2 aromatic rings. The van der Waals surface area contributed by atoms with E-state index >= 15 is 0 Å². The average Bonchev–Trinajstić information content (AvgIpc) is 3.73. The van der Waals surface area contributed by atoms with E-state index in [2.05, 4.69) is 134 Å². The van der Waals surface area contributed by atoms with Gasteiger partial charge in [0.1, 0.15) is 0 Å². The van der Waals surface area contributed by atoms with Crippen molar-refractivity contribution in [3.63, 3.8) is 0 Å². The van der Waals surface area contributed by atoms with E-state index in [1.54, 1.807) is 42.7 Å². The maximum atomic E-state index is 5.59. The molecular weight excluding hydrogens is 884 g/mol. The standard InChI is InChI=1S/C45H77N2O6S2Si2.ClH.Cu/c1-34(2)40-29-38(19-15-23-54-25-17-27-56(48-9,49-10)50-11)30-41(35(3)4)44(40)46-21-22-47(33-46)45-42(36(5)6)31-39(32-43(45)37(7)8)20-16-24-55-26-18-28-57(51-12,52-13)53-14;;/h21-22,29-37H,15-20,23-28H2,1-14H3;1H;/q-1;;+2/p-1. The van der Waals surface area contributed by atoms with Crippen molar-refractivity contribution >= 4 is 62.6 Å². The topological polar surface area (TPSA) is 61.9 Å². The van der Waals surface area contributed by atoms with Crippen LogP contribution in [-0.2, 0) is 54.5 Å². The Balaban J connectivity index is 0.00000590. The van der Waals surface area contributed by atoms with Gasteiger partial charge in [-0.05, 0) is 131 Å². The fraction of sp³-hybridized carbons (Fsp3) is 0.667. The van der Waals surface area contributed by atoms with E-state index < -0.39 is 17.6 Å². The monoisotopic (exact) mass is 959 g/mol. The molecule has 0 fully saturated rings. The fourth-order valence-corrected chi connectivity index (χ4v) is 13.4. The van der Waals surface area contributed by atoms with E-state index in [9.17, 15) is 0 Å². The summed E-state index contributed by atoms with van der Waals surface area (Å²) in [4.78, 5) is 4.79. The molecule has 1 aliphatic heterocycles. The van der Waals surface area contributed by atoms with Crippen molar-refractivity contribution in [3.05, 3.63) is 76.7 Å². The molecule has 0 unspecified atom stereocenters. The molecule has 0 spiro atoms. The summed E-state index contributed by atoms with van der Waals surface area (Å²) in [5, 5.41) is 0. The van der Waals surface area contributed by atoms with Crippen LogP contribution in [0.5, 0.6) is 0 Å². The summed E-state index contributed by atoms with van der Waals surface area (Å²) in [7, 11) is 9.40. The van der Waals surface area contributed by atoms with E-state index in [1.165, 1.54) is 44.8 Å². The molecule has 3 rings (SSSR count). The van der Waals surface area contributed by atoms with Gasteiger partial charge < -0.3 is 36.4 Å². The SMILES string of the molecule is CO[Si](CCCSCCCc1cc(C(C)C)c(N2C=CN(c3c(C(C)C)cc(CCCSCCC[Si](OC)(OC)OC)cc3C(C)C)[CH-]2)c(C(C)C)c1)(OC)OC.[Cl][Cu+]. The predicted octanol–water partition coefficient (Wildman–Crippen LogP) is 12.7. The quantitative estimate of drug-likeness (QED) is 0.0468. The van der Waals surface area contributed by atoms with Gasteiger partial charge in [0, 0.05) is 66.1 Å². The normalized spacial score (nSPS) is 13.5. The Labute approximate surface area is 383 Å². The van der Waals surface area contributed by atoms with Gasteiger partial charge in [-0.15, -0.1) is 6.67 Å². The summed E-state index contributed by atoms with van der Waals surface area (Å²) in [5.41, 5.74) is 11.3. The molecule has 59 heavy (non-hydrogen) atoms. The summed E-state index contributed by atoms with van der Waals surface area (Å²) >= 11 is 7.70. The van der Waals surface area contributed by atoms with Gasteiger partial charge in [0.25, 0.3) is 0 Å². The van der Waals surface area contributed by atoms with Crippen molar-refractivity contribution in [1.82, 2.24) is 0 Å². The zero-order valence-corrected chi connectivity index (χ0v) is 44.0. The van der Waals surface area contributed by atoms with Crippen LogP contribution in [0.3, 0.4) is 0 Å². The molecule has 0 radical (unpaired) electrons. The van der Waals surface area contributed by atoms with Crippen LogP contribution < -0.4 is 9.80 Å². The maximum absolute atomic E-state index is 5.59. The van der Waals surface area contributed by atoms with Gasteiger partial charge in [-0.3, -0.25) is 0 Å². The van der Waals surface area contributed by atoms with Gasteiger partial charge in [-0.25, -0.2) is 0 Å². The summed E-state index contributed by atoms with van der Waals surface area (Å²) in [5.74, 6) is 6.08. The first-order chi connectivity index (χ1) is 28.2. The van der Waals surface area contributed by atoms with Crippen LogP contribution >= 0.6 is 33.6 Å². The Morgan fingerprint density at radius 2 is 0.780 bits per heavy atom. The number of benzene rings is 2. The fourth-order valence-electron chi connectivity index (χ4n) is 7.61. The Bertz CT molecular complexity index is 1350. The van der Waals surface area contributed by atoms with Crippen molar-refractivity contribution in [2.24, 2.45) is 0 Å². The molecule has 341 valence electrons. The first-order valence-corrected chi connectivity index (χ1v) is 28.7. The molecule has 0 N–H and O–H groups in total. The van der Waals surface area contributed by atoms with Crippen molar-refractivity contribution in [2.45, 2.75) is 130 Å². The van der Waals surface area contributed by atoms with E-state index in [1.807, 2.05) is 23.5 Å². The second-order valence-electron chi connectivity index (χ2n) is 16.3. The van der Waals surface area contributed by atoms with Gasteiger partial charge in [-0.2, -0.15) is 23.5 Å². The molecule has 0 bridgehead atoms.